The van der Waals surface area contributed by atoms with E-state index in [-0.39, 0.29) is 30.9 Å². The lowest BCUT2D eigenvalue weighted by molar-refractivity contribution is 0.0106. The number of ether oxygens (including phenoxy) is 5. The van der Waals surface area contributed by atoms with Gasteiger partial charge in [0.1, 0.15) is 18.1 Å². The summed E-state index contributed by atoms with van der Waals surface area (Å²) >= 11 is 0. The van der Waals surface area contributed by atoms with Crippen molar-refractivity contribution in [3.8, 4) is 11.5 Å². The highest BCUT2D eigenvalue weighted by Gasteiger charge is 2.27. The normalized spacial score (nSPS) is 18.2. The maximum absolute atomic E-state index is 6.54. The zero-order valence-electron chi connectivity index (χ0n) is 27.0. The van der Waals surface area contributed by atoms with Gasteiger partial charge in [0, 0.05) is 38.5 Å². The van der Waals surface area contributed by atoms with Crippen LogP contribution in [0.3, 0.4) is 0 Å². The Labute approximate surface area is 291 Å². The van der Waals surface area contributed by atoms with Crippen LogP contribution in [0.1, 0.15) is 35.4 Å². The minimum atomic E-state index is 0. The molecule has 0 aliphatic carbocycles. The van der Waals surface area contributed by atoms with E-state index >= 15 is 0 Å². The second-order valence-corrected chi connectivity index (χ2v) is 11.9. The molecule has 2 saturated heterocycles. The Bertz CT molecular complexity index is 1450. The van der Waals surface area contributed by atoms with Crippen molar-refractivity contribution >= 4 is 35.6 Å². The Hall–Kier alpha value is -2.88. The molecule has 254 valence electrons. The van der Waals surface area contributed by atoms with Crippen LogP contribution in [0.2, 0.25) is 0 Å². The largest absolute Gasteiger partial charge is 0.494 e. The van der Waals surface area contributed by atoms with Gasteiger partial charge in [0.05, 0.1) is 45.7 Å². The zero-order chi connectivity index (χ0) is 30.5. The van der Waals surface area contributed by atoms with Gasteiger partial charge in [0.15, 0.2) is 0 Å². The molecule has 1 N–H and O–H groups in total. The minimum Gasteiger partial charge on any atom is -0.494 e. The molecule has 0 aromatic heterocycles. The molecule has 0 spiro atoms. The van der Waals surface area contributed by atoms with E-state index in [9.17, 15) is 0 Å². The van der Waals surface area contributed by atoms with Gasteiger partial charge in [-0.1, -0.05) is 60.7 Å². The molecular formula is C38H48Cl2N2O5. The lowest BCUT2D eigenvalue weighted by atomic mass is 9.87. The molecule has 2 heterocycles. The van der Waals surface area contributed by atoms with Gasteiger partial charge in [-0.15, -0.1) is 24.8 Å². The maximum Gasteiger partial charge on any atom is 0.120 e. The highest BCUT2D eigenvalue weighted by Crippen LogP contribution is 2.30. The van der Waals surface area contributed by atoms with E-state index in [4.69, 9.17) is 23.7 Å². The molecule has 4 aromatic carbocycles. The molecule has 2 fully saturated rings. The smallest absolute Gasteiger partial charge is 0.120 e. The van der Waals surface area contributed by atoms with Crippen molar-refractivity contribution in [2.45, 2.75) is 38.1 Å². The van der Waals surface area contributed by atoms with Crippen LogP contribution in [-0.4, -0.2) is 76.8 Å². The summed E-state index contributed by atoms with van der Waals surface area (Å²) in [4.78, 5) is 2.39. The van der Waals surface area contributed by atoms with Crippen LogP contribution in [0, 0.1) is 0 Å². The number of piperidine rings is 1. The first-order valence-electron chi connectivity index (χ1n) is 16.4. The number of nitrogens with one attached hydrogen (secondary N) is 1. The fourth-order valence-electron chi connectivity index (χ4n) is 6.09. The summed E-state index contributed by atoms with van der Waals surface area (Å²) in [5.74, 6) is 2.17. The zero-order valence-corrected chi connectivity index (χ0v) is 28.7. The Morgan fingerprint density at radius 1 is 0.723 bits per heavy atom. The molecule has 2 unspecified atom stereocenters. The first kappa shape index (κ1) is 36.9. The molecule has 0 radical (unpaired) electrons. The first-order chi connectivity index (χ1) is 22.3. The number of benzene rings is 4. The molecule has 6 rings (SSSR count). The molecule has 9 heteroatoms. The molecule has 7 nitrogen and oxygen atoms in total. The van der Waals surface area contributed by atoms with Gasteiger partial charge in [0.25, 0.3) is 0 Å². The number of hydrogen-bond acceptors (Lipinski definition) is 7. The van der Waals surface area contributed by atoms with Crippen molar-refractivity contribution in [2.24, 2.45) is 0 Å². The third-order valence-electron chi connectivity index (χ3n) is 8.67. The van der Waals surface area contributed by atoms with Gasteiger partial charge in [-0.05, 0) is 70.8 Å². The summed E-state index contributed by atoms with van der Waals surface area (Å²) in [6.45, 7) is 9.62. The van der Waals surface area contributed by atoms with Gasteiger partial charge >= 0.3 is 0 Å². The van der Waals surface area contributed by atoms with E-state index in [0.717, 1.165) is 70.3 Å². The van der Waals surface area contributed by atoms with E-state index in [2.05, 4.69) is 83.0 Å². The molecule has 47 heavy (non-hydrogen) atoms. The van der Waals surface area contributed by atoms with E-state index in [1.54, 1.807) is 0 Å². The van der Waals surface area contributed by atoms with Crippen LogP contribution in [0.4, 0.5) is 0 Å². The summed E-state index contributed by atoms with van der Waals surface area (Å²) in [7, 11) is 0. The van der Waals surface area contributed by atoms with Crippen molar-refractivity contribution in [1.29, 1.82) is 0 Å². The molecule has 2 atom stereocenters. The van der Waals surface area contributed by atoms with Gasteiger partial charge in [-0.25, -0.2) is 0 Å². The maximum atomic E-state index is 6.54. The lowest BCUT2D eigenvalue weighted by Crippen LogP contribution is -2.40. The van der Waals surface area contributed by atoms with Crippen LogP contribution in [0.5, 0.6) is 11.5 Å². The van der Waals surface area contributed by atoms with E-state index < -0.39 is 0 Å². The summed E-state index contributed by atoms with van der Waals surface area (Å²) < 4.78 is 29.8. The summed E-state index contributed by atoms with van der Waals surface area (Å²) in [5.41, 5.74) is 3.69. The van der Waals surface area contributed by atoms with Crippen LogP contribution in [0.15, 0.2) is 91.0 Å². The number of nitrogens with zero attached hydrogens (tertiary/aromatic N) is 1. The first-order valence-corrected chi connectivity index (χ1v) is 16.4. The summed E-state index contributed by atoms with van der Waals surface area (Å²) in [5, 5.41) is 5.91. The topological polar surface area (TPSA) is 61.4 Å². The van der Waals surface area contributed by atoms with Crippen molar-refractivity contribution in [3.05, 3.63) is 108 Å². The average Bonchev–Trinajstić information content (AvgIpc) is 3.10. The van der Waals surface area contributed by atoms with Crippen LogP contribution in [0.25, 0.3) is 10.8 Å². The second kappa shape index (κ2) is 19.8. The molecule has 4 aromatic rings. The summed E-state index contributed by atoms with van der Waals surface area (Å²) in [6, 6.07) is 31.8. The Kier molecular flexibility index (Phi) is 15.6. The summed E-state index contributed by atoms with van der Waals surface area (Å²) in [6.07, 6.45) is 2.03. The van der Waals surface area contributed by atoms with Crippen molar-refractivity contribution in [3.63, 3.8) is 0 Å². The van der Waals surface area contributed by atoms with Crippen LogP contribution in [-0.2, 0) is 27.4 Å². The van der Waals surface area contributed by atoms with Crippen molar-refractivity contribution in [1.82, 2.24) is 10.2 Å². The van der Waals surface area contributed by atoms with E-state index in [1.807, 2.05) is 18.2 Å². The third-order valence-corrected chi connectivity index (χ3v) is 8.67. The van der Waals surface area contributed by atoms with Crippen molar-refractivity contribution in [2.75, 3.05) is 65.8 Å². The van der Waals surface area contributed by atoms with Gasteiger partial charge in [-0.2, -0.15) is 0 Å². The molecular weight excluding hydrogens is 635 g/mol. The Balaban J connectivity index is 0.00000250. The number of morpholine rings is 1. The fraction of sp³-hybridized carbons (Fsp3) is 0.421. The predicted octanol–water partition coefficient (Wildman–Crippen LogP) is 7.04. The Morgan fingerprint density at radius 3 is 2.30 bits per heavy atom. The van der Waals surface area contributed by atoms with Crippen LogP contribution < -0.4 is 14.8 Å². The van der Waals surface area contributed by atoms with Gasteiger partial charge < -0.3 is 29.0 Å². The number of halogens is 2. The fourth-order valence-corrected chi connectivity index (χ4v) is 6.09. The lowest BCUT2D eigenvalue weighted by Gasteiger charge is -2.32. The third kappa shape index (κ3) is 11.4. The quantitative estimate of drug-likeness (QED) is 0.135. The predicted molar refractivity (Wildman–Crippen MR) is 193 cm³/mol. The Morgan fingerprint density at radius 2 is 1.47 bits per heavy atom. The van der Waals surface area contributed by atoms with Crippen molar-refractivity contribution < 1.29 is 23.7 Å². The average molecular weight is 684 g/mol. The number of fused-ring (bicyclic) bond motifs is 1. The second-order valence-electron chi connectivity index (χ2n) is 11.9. The standard InChI is InChI=1S/C38H46N2O5.2ClH/c1-2-5-30(6-3-1)28-42-20-4-21-43-35-12-9-32(10-13-35)37-15-16-39-27-38(37)45-29-31-7-8-34-26-36(14-11-33(34)25-31)44-24-19-40-17-22-41-23-18-40;;/h1-3,5-14,25-26,37-39H,4,15-24,27-29H2;2*1H. The van der Waals surface area contributed by atoms with E-state index in [1.165, 1.54) is 27.5 Å². The molecule has 0 saturated carbocycles. The molecule has 2 aliphatic heterocycles. The number of hydrogen-bond donors (Lipinski definition) is 1. The van der Waals surface area contributed by atoms with E-state index in [0.29, 0.717) is 39.0 Å². The minimum absolute atomic E-state index is 0. The highest BCUT2D eigenvalue weighted by atomic mass is 35.5. The van der Waals surface area contributed by atoms with Gasteiger partial charge in [-0.3, -0.25) is 4.90 Å². The molecule has 0 amide bonds. The highest BCUT2D eigenvalue weighted by molar-refractivity contribution is 5.86. The molecule has 2 aliphatic rings. The molecule has 0 bridgehead atoms. The van der Waals surface area contributed by atoms with Gasteiger partial charge in [0.2, 0.25) is 0 Å². The number of rotatable bonds is 15. The monoisotopic (exact) mass is 682 g/mol. The SMILES string of the molecule is Cl.Cl.c1ccc(COCCCOc2ccc(C3CCNCC3OCc3ccc4cc(OCCN5CCOCC5)ccc4c3)cc2)cc1. The van der Waals surface area contributed by atoms with Crippen LogP contribution >= 0.6 is 24.8 Å².